The zero-order chi connectivity index (χ0) is 23.7. The molecule has 0 saturated carbocycles. The molecule has 32 heavy (non-hydrogen) atoms. The smallest absolute Gasteiger partial charge is 0.416 e. The van der Waals surface area contributed by atoms with Crippen molar-refractivity contribution in [3.8, 4) is 5.75 Å². The number of benzene rings is 2. The zero-order valence-electron chi connectivity index (χ0n) is 17.7. The molecule has 0 radical (unpaired) electrons. The third-order valence-electron chi connectivity index (χ3n) is 5.59. The predicted octanol–water partition coefficient (Wildman–Crippen LogP) is 4.96. The molecule has 1 atom stereocenters. The molecule has 2 aromatic carbocycles. The van der Waals surface area contributed by atoms with Gasteiger partial charge in [0.1, 0.15) is 12.4 Å². The first-order valence-corrected chi connectivity index (χ1v) is 11.9. The van der Waals surface area contributed by atoms with Crippen LogP contribution < -0.4 is 4.74 Å². The van der Waals surface area contributed by atoms with E-state index in [2.05, 4.69) is 0 Å². The van der Waals surface area contributed by atoms with Gasteiger partial charge >= 0.3 is 6.18 Å². The Bertz CT molecular complexity index is 1070. The van der Waals surface area contributed by atoms with Crippen LogP contribution in [0.25, 0.3) is 0 Å². The molecule has 1 heterocycles. The van der Waals surface area contributed by atoms with E-state index in [4.69, 9.17) is 16.3 Å². The van der Waals surface area contributed by atoms with Crippen molar-refractivity contribution in [2.75, 3.05) is 19.7 Å². The van der Waals surface area contributed by atoms with Crippen molar-refractivity contribution < 1.29 is 31.4 Å². The third kappa shape index (κ3) is 5.57. The molecule has 2 aromatic rings. The molecule has 0 aromatic heterocycles. The van der Waals surface area contributed by atoms with E-state index in [0.717, 1.165) is 33.6 Å². The summed E-state index contributed by atoms with van der Waals surface area (Å²) >= 11 is 6.16. The van der Waals surface area contributed by atoms with Crippen LogP contribution in [0.3, 0.4) is 0 Å². The van der Waals surface area contributed by atoms with Gasteiger partial charge in [-0.25, -0.2) is 8.42 Å². The van der Waals surface area contributed by atoms with Crippen LogP contribution in [0.5, 0.6) is 5.75 Å². The SMILES string of the molecule is Cc1cc(OCC2(O)CCCN(S(=O)(=O)c3cccc(C(F)(F)F)c3)CC2)cc(C)c1Cl. The van der Waals surface area contributed by atoms with Gasteiger partial charge in [0.2, 0.25) is 10.0 Å². The van der Waals surface area contributed by atoms with Gasteiger partial charge in [-0.05, 0) is 74.6 Å². The van der Waals surface area contributed by atoms with Gasteiger partial charge in [0.05, 0.1) is 16.1 Å². The molecule has 1 fully saturated rings. The first-order chi connectivity index (χ1) is 14.8. The van der Waals surface area contributed by atoms with Crippen molar-refractivity contribution in [3.63, 3.8) is 0 Å². The maximum atomic E-state index is 13.0. The highest BCUT2D eigenvalue weighted by molar-refractivity contribution is 7.89. The molecule has 10 heteroatoms. The topological polar surface area (TPSA) is 66.8 Å². The summed E-state index contributed by atoms with van der Waals surface area (Å²) in [4.78, 5) is -0.416. The maximum absolute atomic E-state index is 13.0. The second-order valence-electron chi connectivity index (χ2n) is 8.17. The fourth-order valence-corrected chi connectivity index (χ4v) is 5.36. The van der Waals surface area contributed by atoms with E-state index >= 15 is 0 Å². The molecule has 1 unspecified atom stereocenters. The Balaban J connectivity index is 1.71. The average molecular weight is 492 g/mol. The average Bonchev–Trinajstić information content (AvgIpc) is 2.92. The highest BCUT2D eigenvalue weighted by Crippen LogP contribution is 2.33. The summed E-state index contributed by atoms with van der Waals surface area (Å²) in [5, 5.41) is 11.6. The van der Waals surface area contributed by atoms with Crippen LogP contribution in [0.4, 0.5) is 13.2 Å². The summed E-state index contributed by atoms with van der Waals surface area (Å²) in [6.45, 7) is 3.72. The highest BCUT2D eigenvalue weighted by Gasteiger charge is 2.37. The molecular formula is C22H25ClF3NO4S. The van der Waals surface area contributed by atoms with Crippen LogP contribution in [0.15, 0.2) is 41.3 Å². The number of hydrogen-bond acceptors (Lipinski definition) is 4. The fraction of sp³-hybridized carbons (Fsp3) is 0.455. The van der Waals surface area contributed by atoms with Gasteiger partial charge in [0, 0.05) is 18.1 Å². The van der Waals surface area contributed by atoms with E-state index < -0.39 is 32.3 Å². The Labute approximate surface area is 190 Å². The van der Waals surface area contributed by atoms with Crippen molar-refractivity contribution in [2.24, 2.45) is 0 Å². The van der Waals surface area contributed by atoms with Gasteiger partial charge in [0.15, 0.2) is 0 Å². The van der Waals surface area contributed by atoms with E-state index in [1.54, 1.807) is 12.1 Å². The molecule has 0 spiro atoms. The Hall–Kier alpha value is -1.81. The summed E-state index contributed by atoms with van der Waals surface area (Å²) in [7, 11) is -4.13. The van der Waals surface area contributed by atoms with E-state index in [1.807, 2.05) is 13.8 Å². The van der Waals surface area contributed by atoms with E-state index in [1.165, 1.54) is 0 Å². The molecule has 1 aliphatic rings. The number of rotatable bonds is 5. The Morgan fingerprint density at radius 3 is 2.41 bits per heavy atom. The monoisotopic (exact) mass is 491 g/mol. The van der Waals surface area contributed by atoms with Crippen molar-refractivity contribution in [1.82, 2.24) is 4.31 Å². The number of aliphatic hydroxyl groups is 1. The molecule has 176 valence electrons. The Kier molecular flexibility index (Phi) is 7.14. The van der Waals surface area contributed by atoms with E-state index in [9.17, 15) is 26.7 Å². The van der Waals surface area contributed by atoms with Gasteiger partial charge in [0.25, 0.3) is 0 Å². The van der Waals surface area contributed by atoms with E-state index in [0.29, 0.717) is 29.7 Å². The Morgan fingerprint density at radius 1 is 1.12 bits per heavy atom. The number of ether oxygens (including phenoxy) is 1. The largest absolute Gasteiger partial charge is 0.491 e. The quantitative estimate of drug-likeness (QED) is 0.642. The predicted molar refractivity (Wildman–Crippen MR) is 115 cm³/mol. The first kappa shape index (κ1) is 24.8. The number of aryl methyl sites for hydroxylation is 2. The van der Waals surface area contributed by atoms with E-state index in [-0.39, 0.29) is 26.1 Å². The number of halogens is 4. The number of hydrogen-bond donors (Lipinski definition) is 1. The maximum Gasteiger partial charge on any atom is 0.416 e. The van der Waals surface area contributed by atoms with Crippen LogP contribution >= 0.6 is 11.6 Å². The van der Waals surface area contributed by atoms with Crippen LogP contribution in [0.2, 0.25) is 5.02 Å². The summed E-state index contributed by atoms with van der Waals surface area (Å²) < 4.78 is 71.8. The first-order valence-electron chi connectivity index (χ1n) is 10.1. The standard InChI is InChI=1S/C22H25ClF3NO4S/c1-15-11-18(12-16(2)20(15)23)31-14-21(28)7-4-9-27(10-8-21)32(29,30)19-6-3-5-17(13-19)22(24,25)26/h3,5-6,11-13,28H,4,7-10,14H2,1-2H3. The van der Waals surface area contributed by atoms with Crippen molar-refractivity contribution in [3.05, 3.63) is 58.1 Å². The fourth-order valence-electron chi connectivity index (χ4n) is 3.73. The van der Waals surface area contributed by atoms with Crippen molar-refractivity contribution in [1.29, 1.82) is 0 Å². The highest BCUT2D eigenvalue weighted by atomic mass is 35.5. The summed E-state index contributed by atoms with van der Waals surface area (Å²) in [5.74, 6) is 0.551. The van der Waals surface area contributed by atoms with Gasteiger partial charge in [-0.15, -0.1) is 0 Å². The minimum atomic E-state index is -4.64. The molecule has 0 amide bonds. The summed E-state index contributed by atoms with van der Waals surface area (Å²) in [6, 6.07) is 7.22. The van der Waals surface area contributed by atoms with Crippen LogP contribution in [-0.2, 0) is 16.2 Å². The van der Waals surface area contributed by atoms with Crippen molar-refractivity contribution in [2.45, 2.75) is 49.8 Å². The number of sulfonamides is 1. The minimum absolute atomic E-state index is 0.0306. The molecule has 1 N–H and O–H groups in total. The molecule has 3 rings (SSSR count). The number of alkyl halides is 3. The normalized spacial score (nSPS) is 20.7. The lowest BCUT2D eigenvalue weighted by atomic mass is 9.96. The molecule has 0 bridgehead atoms. The summed E-state index contributed by atoms with van der Waals surface area (Å²) in [5.41, 5.74) is -0.605. The van der Waals surface area contributed by atoms with Crippen molar-refractivity contribution >= 4 is 21.6 Å². The second kappa shape index (κ2) is 9.21. The van der Waals surface area contributed by atoms with Gasteiger partial charge < -0.3 is 9.84 Å². The zero-order valence-corrected chi connectivity index (χ0v) is 19.3. The number of nitrogens with zero attached hydrogens (tertiary/aromatic N) is 1. The van der Waals surface area contributed by atoms with Gasteiger partial charge in [-0.3, -0.25) is 0 Å². The van der Waals surface area contributed by atoms with Crippen LogP contribution in [0, 0.1) is 13.8 Å². The second-order valence-corrected chi connectivity index (χ2v) is 10.5. The third-order valence-corrected chi connectivity index (χ3v) is 8.08. The summed E-state index contributed by atoms with van der Waals surface area (Å²) in [6.07, 6.45) is -3.90. The van der Waals surface area contributed by atoms with Crippen LogP contribution in [-0.4, -0.2) is 43.1 Å². The van der Waals surface area contributed by atoms with Crippen LogP contribution in [0.1, 0.15) is 36.0 Å². The molecule has 1 aliphatic heterocycles. The Morgan fingerprint density at radius 2 is 1.78 bits per heavy atom. The van der Waals surface area contributed by atoms with Gasteiger partial charge in [-0.2, -0.15) is 17.5 Å². The molecular weight excluding hydrogens is 467 g/mol. The molecule has 1 saturated heterocycles. The lowest BCUT2D eigenvalue weighted by Crippen LogP contribution is -2.38. The minimum Gasteiger partial charge on any atom is -0.491 e. The lowest BCUT2D eigenvalue weighted by molar-refractivity contribution is -0.137. The molecule has 5 nitrogen and oxygen atoms in total. The van der Waals surface area contributed by atoms with Gasteiger partial charge in [-0.1, -0.05) is 17.7 Å². The molecule has 0 aliphatic carbocycles. The lowest BCUT2D eigenvalue weighted by Gasteiger charge is -2.27.